The molecule has 0 rings (SSSR count). The monoisotopic (exact) mass is 685 g/mol. The molecule has 0 saturated carbocycles. The van der Waals surface area contributed by atoms with Gasteiger partial charge in [0.05, 0.1) is 0 Å². The molecule has 0 spiro atoms. The second kappa shape index (κ2) is 19.6. The molecule has 0 aromatic rings. The van der Waals surface area contributed by atoms with Gasteiger partial charge in [-0.25, -0.2) is 0 Å². The zero-order valence-electron chi connectivity index (χ0n) is 6.52. The van der Waals surface area contributed by atoms with Gasteiger partial charge >= 0.3 is 69.5 Å². The molecule has 0 aliphatic heterocycles. The van der Waals surface area contributed by atoms with Crippen molar-refractivity contribution in [1.29, 1.82) is 0 Å². The molecule has 1 amide bonds. The second-order valence-electron chi connectivity index (χ2n) is 1.25. The van der Waals surface area contributed by atoms with Gasteiger partial charge in [-0.3, -0.25) is 0 Å². The van der Waals surface area contributed by atoms with Crippen molar-refractivity contribution in [2.24, 2.45) is 0 Å². The van der Waals surface area contributed by atoms with Gasteiger partial charge in [0.25, 0.3) is 0 Å². The average molecular weight is 685 g/mol. The first-order chi connectivity index (χ1) is 4.81. The Morgan fingerprint density at radius 3 is 2.46 bits per heavy atom. The summed E-state index contributed by atoms with van der Waals surface area (Å²) in [6.45, 7) is 0. The number of hydrogen-bond donors (Lipinski definition) is 2. The van der Waals surface area contributed by atoms with Gasteiger partial charge in [-0.2, -0.15) is 0 Å². The van der Waals surface area contributed by atoms with E-state index in [0.717, 1.165) is 19.4 Å². The van der Waals surface area contributed by atoms with Crippen LogP contribution in [0.3, 0.4) is 0 Å². The Hall–Kier alpha value is 2.05. The fourth-order valence-corrected chi connectivity index (χ4v) is 0.520. The van der Waals surface area contributed by atoms with Crippen LogP contribution >= 0.6 is 0 Å². The Balaban J connectivity index is -0.000000135. The number of allylic oxidation sites excluding steroid dienone is 3. The molecular formula is C6H5NO2UVWY-2. The third-order valence-corrected chi connectivity index (χ3v) is 1.45. The number of nitrogens with one attached hydrogen (secondary N) is 1. The Morgan fingerprint density at radius 1 is 1.54 bits per heavy atom. The summed E-state index contributed by atoms with van der Waals surface area (Å²) in [6, 6.07) is 0. The van der Waals surface area contributed by atoms with Crippen LogP contribution in [0.25, 0.3) is 0 Å². The van der Waals surface area contributed by atoms with E-state index < -0.39 is 0 Å². The summed E-state index contributed by atoms with van der Waals surface area (Å²) in [7, 11) is 0. The predicted octanol–water partition coefficient (Wildman–Crippen LogP) is -0.254. The number of hydrogen-bond acceptors (Lipinski definition) is 2. The van der Waals surface area contributed by atoms with Crippen molar-refractivity contribution in [2.45, 2.75) is 0 Å². The summed E-state index contributed by atoms with van der Waals surface area (Å²) in [5.41, 5.74) is 0. The first-order valence-electron chi connectivity index (χ1n) is 2.36. The SMILES string of the molecule is O=[C-]N[C-]=C/C=C(/O)[CH]=[W].[U].[V].[Y]. The minimum Gasteiger partial charge on any atom is 0 e. The zero-order chi connectivity index (χ0) is 7.82. The molecule has 2 N–H and O–H groups in total. The molecule has 66 valence electrons. The van der Waals surface area contributed by atoms with Crippen LogP contribution < -0.4 is 5.32 Å². The first-order valence-corrected chi connectivity index (χ1v) is 4.06. The summed E-state index contributed by atoms with van der Waals surface area (Å²) < 4.78 is 1.60. The Morgan fingerprint density at radius 2 is 2.08 bits per heavy atom. The molecule has 13 heavy (non-hydrogen) atoms. The zero-order valence-corrected chi connectivity index (χ0v) is 17.9. The van der Waals surface area contributed by atoms with Gasteiger partial charge < -0.3 is 0 Å². The number of amides is 1. The summed E-state index contributed by atoms with van der Waals surface area (Å²) in [5, 5.41) is 10.8. The fourth-order valence-electron chi connectivity index (χ4n) is 0.237. The van der Waals surface area contributed by atoms with Gasteiger partial charge in [-0.05, 0) is 0 Å². The summed E-state index contributed by atoms with van der Waals surface area (Å²) >= 11 is 1.16. The maximum absolute atomic E-state index is 9.51. The third kappa shape index (κ3) is 20.2. The molecular weight excluding hydrogens is 680 g/mol. The van der Waals surface area contributed by atoms with Crippen molar-refractivity contribution in [3.05, 3.63) is 24.1 Å². The number of aliphatic hydroxyl groups excluding tert-OH is 1. The van der Waals surface area contributed by atoms with Crippen LogP contribution in [0.2, 0.25) is 0 Å². The summed E-state index contributed by atoms with van der Waals surface area (Å²) in [4.78, 5) is 9.51. The van der Waals surface area contributed by atoms with E-state index in [1.54, 1.807) is 4.40 Å². The molecule has 0 aliphatic carbocycles. The Kier molecular flexibility index (Phi) is 36.7. The molecule has 0 heterocycles. The third-order valence-electron chi connectivity index (χ3n) is 0.581. The molecule has 0 saturated heterocycles. The van der Waals surface area contributed by atoms with E-state index in [1.165, 1.54) is 18.6 Å². The fraction of sp³-hybridized carbons (Fsp3) is 0. The van der Waals surface area contributed by atoms with Crippen LogP contribution in [-0.4, -0.2) is 15.9 Å². The first kappa shape index (κ1) is 24.3. The average Bonchev–Trinajstić information content (AvgIpc) is 1.98. The van der Waals surface area contributed by atoms with E-state index in [0.29, 0.717) is 0 Å². The quantitative estimate of drug-likeness (QED) is 0.186. The Labute approximate surface area is 149 Å². The smallest absolute Gasteiger partial charge is 0 e. The van der Waals surface area contributed by atoms with E-state index in [4.69, 9.17) is 5.11 Å². The summed E-state index contributed by atoms with van der Waals surface area (Å²) in [5.74, 6) is 0.162. The van der Waals surface area contributed by atoms with Crippen molar-refractivity contribution in [3.63, 3.8) is 0 Å². The van der Waals surface area contributed by atoms with E-state index >= 15 is 0 Å². The van der Waals surface area contributed by atoms with E-state index in [2.05, 4.69) is 11.5 Å². The molecule has 0 atom stereocenters. The topological polar surface area (TPSA) is 49.3 Å². The molecule has 0 aliphatic rings. The van der Waals surface area contributed by atoms with Crippen LogP contribution in [-0.2, 0) is 75.4 Å². The molecule has 0 aromatic carbocycles. The molecule has 0 fully saturated rings. The molecule has 0 bridgehead atoms. The Bertz CT molecular complexity index is 189. The van der Waals surface area contributed by atoms with E-state index in [-0.39, 0.29) is 88.1 Å². The van der Waals surface area contributed by atoms with Gasteiger partial charge in [0.15, 0.2) is 0 Å². The van der Waals surface area contributed by atoms with Gasteiger partial charge in [-0.15, -0.1) is 0 Å². The second-order valence-corrected chi connectivity index (χ2v) is 2.09. The molecule has 0 unspecified atom stereocenters. The molecule has 2 radical (unpaired) electrons. The van der Waals surface area contributed by atoms with Crippen molar-refractivity contribution < 1.29 is 112 Å². The van der Waals surface area contributed by atoms with Crippen LogP contribution in [0.15, 0.2) is 17.9 Å². The van der Waals surface area contributed by atoms with Crippen LogP contribution in [0.1, 0.15) is 0 Å². The van der Waals surface area contributed by atoms with Crippen LogP contribution in [0.4, 0.5) is 0 Å². The van der Waals surface area contributed by atoms with Gasteiger partial charge in [0, 0.05) is 82.4 Å². The number of aliphatic hydroxyl groups is 1. The largest absolute Gasteiger partial charge is 0 e. The normalized spacial score (nSPS) is 8.77. The van der Waals surface area contributed by atoms with Crippen LogP contribution in [0, 0.1) is 37.3 Å². The van der Waals surface area contributed by atoms with Gasteiger partial charge in [0.2, 0.25) is 0 Å². The maximum atomic E-state index is 9.51. The number of carbonyl (C=O) groups excluding carboxylic acids is 1. The van der Waals surface area contributed by atoms with Gasteiger partial charge in [0.1, 0.15) is 0 Å². The predicted molar refractivity (Wildman–Crippen MR) is 33.4 cm³/mol. The van der Waals surface area contributed by atoms with Crippen molar-refractivity contribution in [3.8, 4) is 0 Å². The van der Waals surface area contributed by atoms with Crippen molar-refractivity contribution >= 4 is 10.8 Å². The maximum Gasteiger partial charge on any atom is 0 e. The van der Waals surface area contributed by atoms with Crippen molar-refractivity contribution in [1.82, 2.24) is 5.32 Å². The van der Waals surface area contributed by atoms with E-state index in [1.807, 2.05) is 0 Å². The number of rotatable bonds is 4. The minimum absolute atomic E-state index is 0. The van der Waals surface area contributed by atoms with Crippen molar-refractivity contribution in [2.75, 3.05) is 0 Å². The minimum atomic E-state index is 0. The summed E-state index contributed by atoms with van der Waals surface area (Å²) in [6.07, 6.45) is 6.56. The molecule has 0 aromatic heterocycles. The van der Waals surface area contributed by atoms with E-state index in [9.17, 15) is 4.79 Å². The standard InChI is InChI=1S/C6H5NO2.U.V.W.Y/c1-6(9)3-2-4-7-5-8;;;;/h1-3,9H,(H,7,8);;;;/q-2;;;;/b6-3+;;;;. The van der Waals surface area contributed by atoms with Crippen LogP contribution in [0.5, 0.6) is 0 Å². The van der Waals surface area contributed by atoms with Gasteiger partial charge in [-0.1, -0.05) is 0 Å². The molecule has 3 nitrogen and oxygen atoms in total. The molecule has 7 heteroatoms.